The predicted molar refractivity (Wildman–Crippen MR) is 47.7 cm³/mol. The molecule has 5 heteroatoms. The molecule has 1 rings (SSSR count). The Hall–Kier alpha value is -2.22. The lowest BCUT2D eigenvalue weighted by molar-refractivity contribution is 0.0540. The monoisotopic (exact) mass is 192 g/mol. The maximum Gasteiger partial charge on any atom is 0.358 e. The molecular weight excluding hydrogens is 184 g/mol. The first-order chi connectivity index (χ1) is 6.70. The Morgan fingerprint density at radius 1 is 1.86 bits per heavy atom. The van der Waals surface area contributed by atoms with Crippen LogP contribution in [0, 0.1) is 11.3 Å². The van der Waals surface area contributed by atoms with E-state index in [0.29, 0.717) is 0 Å². The van der Waals surface area contributed by atoms with Gasteiger partial charge in [-0.3, -0.25) is 0 Å². The van der Waals surface area contributed by atoms with E-state index < -0.39 is 5.97 Å². The number of hydrogen-bond donors (Lipinski definition) is 2. The van der Waals surface area contributed by atoms with Crippen LogP contribution in [-0.2, 0) is 4.74 Å². The molecule has 72 valence electrons. The van der Waals surface area contributed by atoms with Crippen LogP contribution < -0.4 is 0 Å². The number of aromatic hydroxyl groups is 1. The molecule has 0 atom stereocenters. The number of carbonyl (C=O) groups is 1. The van der Waals surface area contributed by atoms with Crippen molar-refractivity contribution in [1.29, 1.82) is 5.26 Å². The van der Waals surface area contributed by atoms with E-state index in [4.69, 9.17) is 5.26 Å². The standard InChI is InChI=1S/C9H8N2O3/c1-2-3-14-9(13)7-8(12)6(4-10)5-11-7/h2,5,11-12H,1,3H2. The quantitative estimate of drug-likeness (QED) is 0.551. The number of rotatable bonds is 3. The molecule has 0 radical (unpaired) electrons. The Balaban J connectivity index is 2.86. The zero-order valence-corrected chi connectivity index (χ0v) is 7.28. The molecule has 14 heavy (non-hydrogen) atoms. The lowest BCUT2D eigenvalue weighted by Gasteiger charge is -1.99. The maximum absolute atomic E-state index is 11.2. The van der Waals surface area contributed by atoms with Gasteiger partial charge in [0.05, 0.1) is 0 Å². The number of aromatic nitrogens is 1. The molecule has 0 fully saturated rings. The Morgan fingerprint density at radius 3 is 3.07 bits per heavy atom. The molecule has 0 amide bonds. The van der Waals surface area contributed by atoms with Crippen LogP contribution in [0.15, 0.2) is 18.9 Å². The highest BCUT2D eigenvalue weighted by Gasteiger charge is 2.17. The summed E-state index contributed by atoms with van der Waals surface area (Å²) in [4.78, 5) is 13.6. The van der Waals surface area contributed by atoms with Gasteiger partial charge in [0, 0.05) is 6.20 Å². The van der Waals surface area contributed by atoms with E-state index in [1.807, 2.05) is 0 Å². The normalized spacial score (nSPS) is 9.07. The largest absolute Gasteiger partial charge is 0.504 e. The topological polar surface area (TPSA) is 86.1 Å². The van der Waals surface area contributed by atoms with Gasteiger partial charge in [0.25, 0.3) is 0 Å². The van der Waals surface area contributed by atoms with E-state index >= 15 is 0 Å². The number of carbonyl (C=O) groups excluding carboxylic acids is 1. The maximum atomic E-state index is 11.2. The lowest BCUT2D eigenvalue weighted by Crippen LogP contribution is -2.05. The zero-order chi connectivity index (χ0) is 10.6. The summed E-state index contributed by atoms with van der Waals surface area (Å²) in [5.41, 5.74) is -0.112. The second-order valence-electron chi connectivity index (χ2n) is 2.42. The van der Waals surface area contributed by atoms with Gasteiger partial charge >= 0.3 is 5.97 Å². The molecule has 0 spiro atoms. The summed E-state index contributed by atoms with van der Waals surface area (Å²) < 4.78 is 4.66. The van der Waals surface area contributed by atoms with Crippen molar-refractivity contribution in [3.05, 3.63) is 30.1 Å². The Morgan fingerprint density at radius 2 is 2.57 bits per heavy atom. The van der Waals surface area contributed by atoms with Crippen molar-refractivity contribution in [3.63, 3.8) is 0 Å². The minimum atomic E-state index is -0.719. The first kappa shape index (κ1) is 9.86. The third-order valence-corrected chi connectivity index (χ3v) is 1.51. The summed E-state index contributed by atoms with van der Waals surface area (Å²) in [5, 5.41) is 17.8. The van der Waals surface area contributed by atoms with Crippen LogP contribution in [0.2, 0.25) is 0 Å². The van der Waals surface area contributed by atoms with Crippen molar-refractivity contribution in [1.82, 2.24) is 4.98 Å². The van der Waals surface area contributed by atoms with Gasteiger partial charge < -0.3 is 14.8 Å². The van der Waals surface area contributed by atoms with Crippen molar-refractivity contribution >= 4 is 5.97 Å². The number of H-pyrrole nitrogens is 1. The van der Waals surface area contributed by atoms with E-state index in [1.54, 1.807) is 6.07 Å². The first-order valence-corrected chi connectivity index (χ1v) is 3.79. The molecule has 1 heterocycles. The van der Waals surface area contributed by atoms with Gasteiger partial charge in [0.1, 0.15) is 18.2 Å². The molecule has 0 aliphatic rings. The number of ether oxygens (including phenoxy) is 1. The van der Waals surface area contributed by atoms with Gasteiger partial charge in [-0.25, -0.2) is 4.79 Å². The second-order valence-corrected chi connectivity index (χ2v) is 2.42. The second kappa shape index (κ2) is 4.14. The van der Waals surface area contributed by atoms with Crippen molar-refractivity contribution in [2.45, 2.75) is 0 Å². The molecule has 5 nitrogen and oxygen atoms in total. The van der Waals surface area contributed by atoms with Crippen molar-refractivity contribution < 1.29 is 14.6 Å². The Labute approximate surface area is 80.2 Å². The number of hydrogen-bond acceptors (Lipinski definition) is 4. The Bertz CT molecular complexity index is 401. The summed E-state index contributed by atoms with van der Waals surface area (Å²) in [7, 11) is 0. The number of aromatic amines is 1. The third kappa shape index (κ3) is 1.75. The fourth-order valence-electron chi connectivity index (χ4n) is 0.863. The molecule has 0 unspecified atom stereocenters. The smallest absolute Gasteiger partial charge is 0.358 e. The molecule has 2 N–H and O–H groups in total. The number of nitrogens with zero attached hydrogens (tertiary/aromatic N) is 1. The van der Waals surface area contributed by atoms with Crippen LogP contribution in [0.25, 0.3) is 0 Å². The van der Waals surface area contributed by atoms with Crippen molar-refractivity contribution in [2.75, 3.05) is 6.61 Å². The highest BCUT2D eigenvalue weighted by Crippen LogP contribution is 2.21. The SMILES string of the molecule is C=CCOC(=O)c1[nH]cc(C#N)c1O. The van der Waals surface area contributed by atoms with E-state index in [9.17, 15) is 9.90 Å². The molecule has 0 aliphatic carbocycles. The average molecular weight is 192 g/mol. The molecule has 1 aromatic heterocycles. The Kier molecular flexibility index (Phi) is 2.92. The van der Waals surface area contributed by atoms with E-state index in [0.717, 1.165) is 0 Å². The van der Waals surface area contributed by atoms with Crippen LogP contribution in [0.3, 0.4) is 0 Å². The summed E-state index contributed by atoms with van der Waals surface area (Å²) in [6.45, 7) is 3.42. The number of esters is 1. The van der Waals surface area contributed by atoms with Gasteiger partial charge in [0.2, 0.25) is 0 Å². The molecule has 0 saturated heterocycles. The molecule has 0 bridgehead atoms. The average Bonchev–Trinajstić information content (AvgIpc) is 2.56. The highest BCUT2D eigenvalue weighted by atomic mass is 16.5. The van der Waals surface area contributed by atoms with Crippen LogP contribution in [0.1, 0.15) is 16.1 Å². The molecule has 0 aliphatic heterocycles. The van der Waals surface area contributed by atoms with E-state index in [2.05, 4.69) is 16.3 Å². The third-order valence-electron chi connectivity index (χ3n) is 1.51. The minimum absolute atomic E-state index is 0.00977. The van der Waals surface area contributed by atoms with Gasteiger partial charge in [-0.2, -0.15) is 5.26 Å². The summed E-state index contributed by atoms with van der Waals surface area (Å²) >= 11 is 0. The number of nitrogens with one attached hydrogen (secondary N) is 1. The van der Waals surface area contributed by atoms with E-state index in [1.165, 1.54) is 12.3 Å². The summed E-state index contributed by atoms with van der Waals surface area (Å²) in [6.07, 6.45) is 2.64. The summed E-state index contributed by atoms with van der Waals surface area (Å²) in [5.74, 6) is -1.11. The molecule has 0 aromatic carbocycles. The first-order valence-electron chi connectivity index (χ1n) is 3.79. The van der Waals surface area contributed by atoms with Gasteiger partial charge in [-0.1, -0.05) is 12.7 Å². The van der Waals surface area contributed by atoms with Gasteiger partial charge in [-0.15, -0.1) is 0 Å². The highest BCUT2D eigenvalue weighted by molar-refractivity contribution is 5.91. The van der Waals surface area contributed by atoms with Crippen LogP contribution in [-0.4, -0.2) is 22.7 Å². The van der Waals surface area contributed by atoms with Crippen LogP contribution in [0.4, 0.5) is 0 Å². The van der Waals surface area contributed by atoms with Crippen LogP contribution >= 0.6 is 0 Å². The van der Waals surface area contributed by atoms with Gasteiger partial charge in [0.15, 0.2) is 11.4 Å². The van der Waals surface area contributed by atoms with E-state index in [-0.39, 0.29) is 23.6 Å². The lowest BCUT2D eigenvalue weighted by atomic mass is 10.3. The van der Waals surface area contributed by atoms with Crippen LogP contribution in [0.5, 0.6) is 5.75 Å². The van der Waals surface area contributed by atoms with Gasteiger partial charge in [-0.05, 0) is 0 Å². The summed E-state index contributed by atoms with van der Waals surface area (Å²) in [6, 6.07) is 1.72. The predicted octanol–water partition coefficient (Wildman–Crippen LogP) is 0.935. The zero-order valence-electron chi connectivity index (χ0n) is 7.28. The fraction of sp³-hybridized carbons (Fsp3) is 0.111. The number of nitriles is 1. The molecule has 0 saturated carbocycles. The van der Waals surface area contributed by atoms with Crippen molar-refractivity contribution in [2.24, 2.45) is 0 Å². The van der Waals surface area contributed by atoms with Crippen molar-refractivity contribution in [3.8, 4) is 11.8 Å². The molecule has 1 aromatic rings. The minimum Gasteiger partial charge on any atom is -0.504 e. The molecular formula is C9H8N2O3. The fourth-order valence-corrected chi connectivity index (χ4v) is 0.863.